The van der Waals surface area contributed by atoms with E-state index in [-0.39, 0.29) is 47.8 Å². The Morgan fingerprint density at radius 3 is 2.58 bits per heavy atom. The number of anilines is 2. The van der Waals surface area contributed by atoms with E-state index in [1.165, 1.54) is 26.0 Å². The van der Waals surface area contributed by atoms with Gasteiger partial charge in [-0.2, -0.15) is 10.2 Å². The summed E-state index contributed by atoms with van der Waals surface area (Å²) in [6, 6.07) is 6.55. The molecule has 1 aromatic carbocycles. The van der Waals surface area contributed by atoms with E-state index in [0.717, 1.165) is 58.4 Å². The van der Waals surface area contributed by atoms with Crippen molar-refractivity contribution in [3.8, 4) is 11.8 Å². The van der Waals surface area contributed by atoms with Crippen LogP contribution in [0.15, 0.2) is 47.7 Å². The smallest absolute Gasteiger partial charge is 0.329 e. The topological polar surface area (TPSA) is 169 Å². The average molecular weight is 853 g/mol. The summed E-state index contributed by atoms with van der Waals surface area (Å²) >= 11 is 0. The number of hydrogen-bond donors (Lipinski definition) is 2. The number of amides is 3. The number of carbonyl (C=O) groups is 3. The fraction of sp³-hybridized carbons (Fsp3) is 0.512. The van der Waals surface area contributed by atoms with Crippen molar-refractivity contribution in [2.24, 2.45) is 13.0 Å². The molecule has 3 amide bonds. The van der Waals surface area contributed by atoms with Crippen LogP contribution in [0.3, 0.4) is 0 Å². The number of aromatic nitrogens is 7. The van der Waals surface area contributed by atoms with Gasteiger partial charge in [-0.05, 0) is 63.1 Å². The van der Waals surface area contributed by atoms with Gasteiger partial charge in [-0.15, -0.1) is 0 Å². The van der Waals surface area contributed by atoms with Crippen molar-refractivity contribution >= 4 is 45.9 Å². The number of nitrogens with one attached hydrogen (secondary N) is 2. The van der Waals surface area contributed by atoms with Gasteiger partial charge in [-0.3, -0.25) is 38.4 Å². The van der Waals surface area contributed by atoms with Crippen LogP contribution in [0.25, 0.3) is 16.7 Å². The maximum atomic E-state index is 14.3. The quantitative estimate of drug-likeness (QED) is 0.165. The van der Waals surface area contributed by atoms with E-state index >= 15 is 0 Å². The number of alkyl halides is 2. The molecule has 3 saturated heterocycles. The minimum Gasteiger partial charge on any atom is -0.375 e. The molecule has 2 N–H and O–H groups in total. The summed E-state index contributed by atoms with van der Waals surface area (Å²) < 4.78 is 40.3. The van der Waals surface area contributed by atoms with E-state index in [4.69, 9.17) is 9.72 Å². The predicted octanol–water partition coefficient (Wildman–Crippen LogP) is 3.37. The highest BCUT2D eigenvalue weighted by Crippen LogP contribution is 2.36. The maximum Gasteiger partial charge on any atom is 0.329 e. The van der Waals surface area contributed by atoms with Crippen molar-refractivity contribution in [1.82, 2.24) is 48.6 Å². The van der Waals surface area contributed by atoms with Gasteiger partial charge in [-0.25, -0.2) is 23.1 Å². The van der Waals surface area contributed by atoms with Crippen LogP contribution in [-0.4, -0.2) is 126 Å². The third-order valence-electron chi connectivity index (χ3n) is 12.7. The van der Waals surface area contributed by atoms with Gasteiger partial charge in [0, 0.05) is 71.7 Å². The number of benzene rings is 1. The summed E-state index contributed by atoms with van der Waals surface area (Å²) in [5.41, 5.74) is 1.70. The molecule has 1 saturated carbocycles. The van der Waals surface area contributed by atoms with Crippen LogP contribution in [0.1, 0.15) is 85.6 Å². The lowest BCUT2D eigenvalue weighted by molar-refractivity contribution is -0.135. The Morgan fingerprint density at radius 2 is 1.82 bits per heavy atom. The van der Waals surface area contributed by atoms with Crippen LogP contribution in [0.5, 0.6) is 0 Å². The number of imidazole rings is 1. The number of carbonyl (C=O) groups excluding carboxylic acids is 3. The van der Waals surface area contributed by atoms with Gasteiger partial charge in [0.1, 0.15) is 17.4 Å². The molecule has 7 heterocycles. The molecule has 5 aromatic rings. The number of imide groups is 1. The zero-order valence-electron chi connectivity index (χ0n) is 34.8. The van der Waals surface area contributed by atoms with Gasteiger partial charge in [0.25, 0.3) is 12.3 Å². The summed E-state index contributed by atoms with van der Waals surface area (Å²) in [6.07, 6.45) is 5.78. The van der Waals surface area contributed by atoms with Crippen molar-refractivity contribution in [1.29, 1.82) is 0 Å². The lowest BCUT2D eigenvalue weighted by Crippen LogP contribution is -2.48. The molecule has 1 unspecified atom stereocenters. The first kappa shape index (κ1) is 41.4. The van der Waals surface area contributed by atoms with Crippen molar-refractivity contribution in [3.63, 3.8) is 0 Å². The van der Waals surface area contributed by atoms with Crippen LogP contribution in [0, 0.1) is 17.8 Å². The van der Waals surface area contributed by atoms with Gasteiger partial charge < -0.3 is 19.9 Å². The second-order valence-corrected chi connectivity index (χ2v) is 16.8. The van der Waals surface area contributed by atoms with Crippen molar-refractivity contribution in [2.45, 2.75) is 70.1 Å². The Labute approximate surface area is 356 Å². The van der Waals surface area contributed by atoms with Crippen LogP contribution >= 0.6 is 0 Å². The fourth-order valence-corrected chi connectivity index (χ4v) is 9.36. The molecule has 19 heteroatoms. The standard InChI is InChI=1S/C43H50F2N12O5/c1-27-24-54(21-22-62-27)35-14-16-55-40(48-35)31(23-46-55)41(59)47-32-26-56(50-37(32)39(44)45)30-10-8-28(9-11-30)25-53-19-17-52(18-20-53)15-4-6-29-5-3-7-33-38(29)51(2)43(61)57(33)34-12-13-36(58)49-42(34)60/h3,5,7,14,16,23,26-28,30,34,39H,8-13,15,17-22,24-25H2,1-2H3,(H,47,59)(H,49,58,60)/t27-,28-,30-,34?/m1/s1. The molecular formula is C43H50F2N12O5. The number of nitrogens with zero attached hydrogens (tertiary/aromatic N) is 10. The Bertz CT molecular complexity index is 2620. The fourth-order valence-electron chi connectivity index (χ4n) is 9.36. The summed E-state index contributed by atoms with van der Waals surface area (Å²) in [5, 5.41) is 13.6. The van der Waals surface area contributed by atoms with Gasteiger partial charge in [-0.1, -0.05) is 17.9 Å². The molecule has 2 atom stereocenters. The predicted molar refractivity (Wildman–Crippen MR) is 225 cm³/mol. The first-order chi connectivity index (χ1) is 30.0. The number of para-hydroxylation sites is 1. The lowest BCUT2D eigenvalue weighted by atomic mass is 9.85. The van der Waals surface area contributed by atoms with E-state index in [9.17, 15) is 28.0 Å². The Balaban J connectivity index is 0.769. The Hall–Kier alpha value is -5.97. The highest BCUT2D eigenvalue weighted by Gasteiger charge is 2.32. The van der Waals surface area contributed by atoms with Crippen LogP contribution in [-0.2, 0) is 21.4 Å². The second-order valence-electron chi connectivity index (χ2n) is 16.8. The number of aryl methyl sites for hydroxylation is 1. The zero-order valence-corrected chi connectivity index (χ0v) is 34.8. The normalized spacial score (nSPS) is 22.9. The molecule has 0 bridgehead atoms. The van der Waals surface area contributed by atoms with Gasteiger partial charge in [0.05, 0.1) is 53.8 Å². The SMILES string of the molecule is C[C@@H]1CN(c2ccn3ncc(C(=O)Nc4cn([C@H]5CC[C@H](CN6CCN(CC#Cc7cccc8c7n(C)c(=O)n8C7CCC(=O)NC7=O)CC6)CC5)nc4C(F)F)c3n2)CCO1. The van der Waals surface area contributed by atoms with Gasteiger partial charge in [0.15, 0.2) is 11.3 Å². The van der Waals surface area contributed by atoms with Crippen molar-refractivity contribution in [3.05, 3.63) is 70.2 Å². The molecule has 4 aliphatic rings. The first-order valence-corrected chi connectivity index (χ1v) is 21.4. The second kappa shape index (κ2) is 17.4. The first-order valence-electron chi connectivity index (χ1n) is 21.4. The molecule has 62 heavy (non-hydrogen) atoms. The molecule has 0 spiro atoms. The van der Waals surface area contributed by atoms with E-state index < -0.39 is 30.0 Å². The number of hydrogen-bond acceptors (Lipinski definition) is 11. The largest absolute Gasteiger partial charge is 0.375 e. The minimum absolute atomic E-state index is 0.0151. The number of piperidine rings is 1. The molecule has 1 aliphatic carbocycles. The van der Waals surface area contributed by atoms with Gasteiger partial charge >= 0.3 is 5.69 Å². The van der Waals surface area contributed by atoms with E-state index in [1.54, 1.807) is 24.0 Å². The number of ether oxygens (including phenoxy) is 1. The zero-order chi connectivity index (χ0) is 43.1. The summed E-state index contributed by atoms with van der Waals surface area (Å²) in [7, 11) is 1.67. The number of morpholine rings is 1. The highest BCUT2D eigenvalue weighted by molar-refractivity contribution is 6.08. The molecular weight excluding hydrogens is 803 g/mol. The monoisotopic (exact) mass is 852 g/mol. The minimum atomic E-state index is -2.87. The maximum absolute atomic E-state index is 14.3. The Kier molecular flexibility index (Phi) is 11.6. The van der Waals surface area contributed by atoms with Crippen molar-refractivity contribution < 1.29 is 27.9 Å². The van der Waals surface area contributed by atoms with E-state index in [0.29, 0.717) is 60.2 Å². The summed E-state index contributed by atoms with van der Waals surface area (Å²) in [6.45, 7) is 9.00. The number of rotatable bonds is 9. The van der Waals surface area contributed by atoms with Crippen LogP contribution in [0.4, 0.5) is 20.3 Å². The molecule has 17 nitrogen and oxygen atoms in total. The molecule has 9 rings (SSSR count). The molecule has 326 valence electrons. The molecule has 4 fully saturated rings. The van der Waals surface area contributed by atoms with Gasteiger partial charge in [0.2, 0.25) is 11.8 Å². The lowest BCUT2D eigenvalue weighted by Gasteiger charge is -2.37. The average Bonchev–Trinajstić information content (AvgIpc) is 3.96. The number of fused-ring (bicyclic) bond motifs is 2. The Morgan fingerprint density at radius 1 is 1.03 bits per heavy atom. The van der Waals surface area contributed by atoms with E-state index in [2.05, 4.69) is 47.4 Å². The molecule has 4 aromatic heterocycles. The number of halogens is 2. The summed E-state index contributed by atoms with van der Waals surface area (Å²) in [4.78, 5) is 62.7. The summed E-state index contributed by atoms with van der Waals surface area (Å²) in [5.74, 6) is 6.36. The van der Waals surface area contributed by atoms with Crippen LogP contribution < -0.4 is 21.2 Å². The third-order valence-corrected chi connectivity index (χ3v) is 12.7. The number of piperazine rings is 1. The molecule has 3 aliphatic heterocycles. The molecule has 0 radical (unpaired) electrons. The third kappa shape index (κ3) is 8.33. The van der Waals surface area contributed by atoms with E-state index in [1.807, 2.05) is 25.1 Å². The van der Waals surface area contributed by atoms with Crippen molar-refractivity contribution in [2.75, 3.05) is 69.2 Å². The highest BCUT2D eigenvalue weighted by atomic mass is 19.3. The van der Waals surface area contributed by atoms with Crippen LogP contribution in [0.2, 0.25) is 0 Å².